The topological polar surface area (TPSA) is 21.3 Å². The van der Waals surface area contributed by atoms with E-state index in [1.165, 1.54) is 0 Å². The number of rotatable bonds is 1. The summed E-state index contributed by atoms with van der Waals surface area (Å²) in [6.45, 7) is 0.793. The first-order chi connectivity index (χ1) is 6.38. The highest BCUT2D eigenvalue weighted by Gasteiger charge is 2.17. The Morgan fingerprint density at radius 1 is 1.38 bits per heavy atom. The Labute approximate surface area is 82.8 Å². The largest absolute Gasteiger partial charge is 0.301 e. The molecule has 1 unspecified atom stereocenters. The molecule has 0 radical (unpaired) electrons. The van der Waals surface area contributed by atoms with Gasteiger partial charge in [-0.3, -0.25) is 0 Å². The van der Waals surface area contributed by atoms with Crippen molar-refractivity contribution in [3.63, 3.8) is 0 Å². The maximum Gasteiger partial charge on any atom is 0.0683 e. The maximum absolute atomic E-state index is 6.06. The Kier molecular flexibility index (Phi) is 2.83. The normalized spacial score (nSPS) is 23.0. The smallest absolute Gasteiger partial charge is 0.0683 e. The lowest BCUT2D eigenvalue weighted by Crippen LogP contribution is -2.27. The van der Waals surface area contributed by atoms with Crippen LogP contribution in [0.2, 0.25) is 5.02 Å². The molecule has 1 heterocycles. The van der Waals surface area contributed by atoms with E-state index in [2.05, 4.69) is 5.48 Å². The van der Waals surface area contributed by atoms with Gasteiger partial charge in [-0.25, -0.2) is 0 Å². The molecule has 2 nitrogen and oxygen atoms in total. The van der Waals surface area contributed by atoms with Gasteiger partial charge >= 0.3 is 0 Å². The molecule has 0 aliphatic carbocycles. The van der Waals surface area contributed by atoms with Gasteiger partial charge in [-0.1, -0.05) is 29.8 Å². The number of nitrogens with one attached hydrogen (secondary N) is 1. The van der Waals surface area contributed by atoms with Gasteiger partial charge in [0.1, 0.15) is 0 Å². The molecule has 70 valence electrons. The van der Waals surface area contributed by atoms with Crippen molar-refractivity contribution < 1.29 is 4.84 Å². The molecule has 1 fully saturated rings. The number of hydroxylamine groups is 1. The molecule has 13 heavy (non-hydrogen) atoms. The van der Waals surface area contributed by atoms with Crippen LogP contribution in [0, 0.1) is 0 Å². The monoisotopic (exact) mass is 197 g/mol. The van der Waals surface area contributed by atoms with Crippen LogP contribution in [-0.4, -0.2) is 6.61 Å². The number of halogens is 1. The molecule has 0 aromatic heterocycles. The predicted octanol–water partition coefficient (Wildman–Crippen LogP) is 2.70. The second-order valence-electron chi connectivity index (χ2n) is 3.18. The van der Waals surface area contributed by atoms with Crippen molar-refractivity contribution in [2.45, 2.75) is 18.9 Å². The zero-order chi connectivity index (χ0) is 9.10. The van der Waals surface area contributed by atoms with Gasteiger partial charge in [0.25, 0.3) is 0 Å². The van der Waals surface area contributed by atoms with Crippen molar-refractivity contribution in [1.29, 1.82) is 0 Å². The summed E-state index contributed by atoms with van der Waals surface area (Å²) >= 11 is 6.06. The van der Waals surface area contributed by atoms with E-state index < -0.39 is 0 Å². The Hall–Kier alpha value is -0.570. The molecule has 1 saturated heterocycles. The molecule has 0 bridgehead atoms. The third kappa shape index (κ3) is 2.02. The molecule has 1 aromatic rings. The zero-order valence-corrected chi connectivity index (χ0v) is 8.05. The highest BCUT2D eigenvalue weighted by molar-refractivity contribution is 6.31. The Morgan fingerprint density at radius 2 is 2.23 bits per heavy atom. The van der Waals surface area contributed by atoms with Crippen LogP contribution in [0.1, 0.15) is 24.4 Å². The number of hydrogen-bond acceptors (Lipinski definition) is 2. The minimum atomic E-state index is 0.252. The molecule has 1 aliphatic rings. The number of hydrogen-bond donors (Lipinski definition) is 1. The summed E-state index contributed by atoms with van der Waals surface area (Å²) in [7, 11) is 0. The average Bonchev–Trinajstić information content (AvgIpc) is 2.20. The summed E-state index contributed by atoms with van der Waals surface area (Å²) < 4.78 is 0. The minimum absolute atomic E-state index is 0.252. The molecule has 0 amide bonds. The van der Waals surface area contributed by atoms with Crippen LogP contribution in [0.25, 0.3) is 0 Å². The molecule has 1 aliphatic heterocycles. The van der Waals surface area contributed by atoms with Crippen LogP contribution >= 0.6 is 11.6 Å². The highest BCUT2D eigenvalue weighted by atomic mass is 35.5. The third-order valence-corrected chi connectivity index (χ3v) is 2.59. The summed E-state index contributed by atoms with van der Waals surface area (Å²) in [5, 5.41) is 0.811. The third-order valence-electron chi connectivity index (χ3n) is 2.25. The zero-order valence-electron chi connectivity index (χ0n) is 7.29. The fourth-order valence-electron chi connectivity index (χ4n) is 1.55. The Balaban J connectivity index is 2.18. The molecule has 0 spiro atoms. The van der Waals surface area contributed by atoms with Gasteiger partial charge in [-0.2, -0.15) is 5.48 Å². The molecule has 0 saturated carbocycles. The van der Waals surface area contributed by atoms with Crippen LogP contribution in [0.4, 0.5) is 0 Å². The summed E-state index contributed by atoms with van der Waals surface area (Å²) in [5.41, 5.74) is 4.12. The average molecular weight is 198 g/mol. The van der Waals surface area contributed by atoms with E-state index in [4.69, 9.17) is 16.4 Å². The summed E-state index contributed by atoms with van der Waals surface area (Å²) in [6.07, 6.45) is 2.17. The van der Waals surface area contributed by atoms with Crippen molar-refractivity contribution in [2.75, 3.05) is 6.61 Å². The minimum Gasteiger partial charge on any atom is -0.301 e. The van der Waals surface area contributed by atoms with Crippen molar-refractivity contribution in [3.05, 3.63) is 34.9 Å². The molecule has 2 rings (SSSR count). The van der Waals surface area contributed by atoms with Crippen LogP contribution in [-0.2, 0) is 4.84 Å². The lowest BCUT2D eigenvalue weighted by Gasteiger charge is -2.24. The predicted molar refractivity (Wildman–Crippen MR) is 52.5 cm³/mol. The Morgan fingerprint density at radius 3 is 2.92 bits per heavy atom. The van der Waals surface area contributed by atoms with Crippen molar-refractivity contribution in [2.24, 2.45) is 0 Å². The van der Waals surface area contributed by atoms with Gasteiger partial charge in [0, 0.05) is 5.02 Å². The summed E-state index contributed by atoms with van der Waals surface area (Å²) in [5.74, 6) is 0. The quantitative estimate of drug-likeness (QED) is 0.748. The molecule has 1 atom stereocenters. The van der Waals surface area contributed by atoms with E-state index in [9.17, 15) is 0 Å². The Bertz CT molecular complexity index is 284. The van der Waals surface area contributed by atoms with Gasteiger partial charge in [-0.15, -0.1) is 0 Å². The van der Waals surface area contributed by atoms with E-state index in [0.29, 0.717) is 0 Å². The van der Waals surface area contributed by atoms with E-state index >= 15 is 0 Å². The fourth-order valence-corrected chi connectivity index (χ4v) is 1.82. The first-order valence-corrected chi connectivity index (χ1v) is 4.87. The fraction of sp³-hybridized carbons (Fsp3) is 0.400. The van der Waals surface area contributed by atoms with Crippen LogP contribution in [0.5, 0.6) is 0 Å². The van der Waals surface area contributed by atoms with Gasteiger partial charge in [0.2, 0.25) is 0 Å². The van der Waals surface area contributed by atoms with Crippen molar-refractivity contribution in [3.8, 4) is 0 Å². The van der Waals surface area contributed by atoms with Gasteiger partial charge in [-0.05, 0) is 24.5 Å². The van der Waals surface area contributed by atoms with Gasteiger partial charge in [0.05, 0.1) is 12.6 Å². The first-order valence-electron chi connectivity index (χ1n) is 4.49. The van der Waals surface area contributed by atoms with E-state index in [1.807, 2.05) is 24.3 Å². The SMILES string of the molecule is Clc1ccccc1C1CCCON1. The van der Waals surface area contributed by atoms with Crippen molar-refractivity contribution in [1.82, 2.24) is 5.48 Å². The van der Waals surface area contributed by atoms with Crippen molar-refractivity contribution >= 4 is 11.6 Å². The van der Waals surface area contributed by atoms with Crippen LogP contribution < -0.4 is 5.48 Å². The summed E-state index contributed by atoms with van der Waals surface area (Å²) in [6, 6.07) is 8.14. The highest BCUT2D eigenvalue weighted by Crippen LogP contribution is 2.27. The van der Waals surface area contributed by atoms with Crippen LogP contribution in [0.15, 0.2) is 24.3 Å². The van der Waals surface area contributed by atoms with Gasteiger partial charge < -0.3 is 4.84 Å². The molecule has 3 heteroatoms. The molecular weight excluding hydrogens is 186 g/mol. The molecule has 1 aromatic carbocycles. The standard InChI is InChI=1S/C10H12ClNO/c11-9-5-2-1-4-8(9)10-6-3-7-13-12-10/h1-2,4-5,10,12H,3,6-7H2. The number of benzene rings is 1. The lowest BCUT2D eigenvalue weighted by atomic mass is 10.0. The lowest BCUT2D eigenvalue weighted by molar-refractivity contribution is -0.0195. The first kappa shape index (κ1) is 9.00. The van der Waals surface area contributed by atoms with Crippen LogP contribution in [0.3, 0.4) is 0 Å². The van der Waals surface area contributed by atoms with Gasteiger partial charge in [0.15, 0.2) is 0 Å². The van der Waals surface area contributed by atoms with E-state index in [0.717, 1.165) is 30.0 Å². The van der Waals surface area contributed by atoms with E-state index in [1.54, 1.807) is 0 Å². The van der Waals surface area contributed by atoms with E-state index in [-0.39, 0.29) is 6.04 Å². The second-order valence-corrected chi connectivity index (χ2v) is 3.59. The summed E-state index contributed by atoms with van der Waals surface area (Å²) in [4.78, 5) is 5.18. The second kappa shape index (κ2) is 4.09. The molecular formula is C10H12ClNO. The molecule has 1 N–H and O–H groups in total. The maximum atomic E-state index is 6.06.